The third kappa shape index (κ3) is 2.14. The van der Waals surface area contributed by atoms with E-state index in [0.29, 0.717) is 5.09 Å². The fourth-order valence-corrected chi connectivity index (χ4v) is 0.970. The SMILES string of the molecule is CC(=O)OC1=COC=CS1. The van der Waals surface area contributed by atoms with Crippen molar-refractivity contribution < 1.29 is 14.3 Å². The van der Waals surface area contributed by atoms with E-state index in [-0.39, 0.29) is 5.97 Å². The minimum atomic E-state index is -0.336. The van der Waals surface area contributed by atoms with Gasteiger partial charge in [0, 0.05) is 12.3 Å². The topological polar surface area (TPSA) is 35.5 Å². The lowest BCUT2D eigenvalue weighted by atomic mass is 10.8. The number of carbonyl (C=O) groups excluding carboxylic acids is 1. The molecule has 0 unspecified atom stereocenters. The third-order valence-electron chi connectivity index (χ3n) is 0.727. The molecule has 0 saturated carbocycles. The predicted molar refractivity (Wildman–Crippen MR) is 37.7 cm³/mol. The minimum absolute atomic E-state index is 0.336. The molecule has 0 aromatic carbocycles. The highest BCUT2D eigenvalue weighted by molar-refractivity contribution is 8.05. The number of hydrogen-bond acceptors (Lipinski definition) is 4. The fourth-order valence-electron chi connectivity index (χ4n) is 0.439. The number of thioether (sulfide) groups is 1. The van der Waals surface area contributed by atoms with Crippen molar-refractivity contribution in [3.63, 3.8) is 0 Å². The highest BCUT2D eigenvalue weighted by Crippen LogP contribution is 2.21. The lowest BCUT2D eigenvalue weighted by Crippen LogP contribution is -1.96. The lowest BCUT2D eigenvalue weighted by molar-refractivity contribution is -0.136. The Morgan fingerprint density at radius 3 is 3.10 bits per heavy atom. The van der Waals surface area contributed by atoms with Gasteiger partial charge in [-0.1, -0.05) is 11.8 Å². The maximum Gasteiger partial charge on any atom is 0.308 e. The number of hydrogen-bond donors (Lipinski definition) is 0. The Morgan fingerprint density at radius 2 is 2.60 bits per heavy atom. The Balaban J connectivity index is 2.41. The zero-order valence-corrected chi connectivity index (χ0v) is 6.18. The molecule has 0 aromatic heterocycles. The summed E-state index contributed by atoms with van der Waals surface area (Å²) in [6, 6.07) is 0. The first-order valence-corrected chi connectivity index (χ1v) is 3.53. The van der Waals surface area contributed by atoms with Gasteiger partial charge in [0.25, 0.3) is 0 Å². The van der Waals surface area contributed by atoms with Crippen molar-refractivity contribution in [2.75, 3.05) is 0 Å². The Morgan fingerprint density at radius 1 is 1.80 bits per heavy atom. The van der Waals surface area contributed by atoms with Gasteiger partial charge in [-0.15, -0.1) is 0 Å². The molecule has 0 aliphatic carbocycles. The predicted octanol–water partition coefficient (Wildman–Crippen LogP) is 1.58. The van der Waals surface area contributed by atoms with Crippen LogP contribution in [0, 0.1) is 0 Å². The first-order chi connectivity index (χ1) is 4.79. The van der Waals surface area contributed by atoms with Crippen LogP contribution in [0.2, 0.25) is 0 Å². The van der Waals surface area contributed by atoms with E-state index in [1.807, 2.05) is 0 Å². The van der Waals surface area contributed by atoms with Crippen molar-refractivity contribution in [1.29, 1.82) is 0 Å². The molecule has 4 heteroatoms. The Hall–Kier alpha value is -0.900. The highest BCUT2D eigenvalue weighted by Gasteiger charge is 2.03. The fraction of sp³-hybridized carbons (Fsp3) is 0.167. The smallest absolute Gasteiger partial charge is 0.308 e. The van der Waals surface area contributed by atoms with Crippen molar-refractivity contribution in [2.45, 2.75) is 6.92 Å². The second kappa shape index (κ2) is 3.31. The van der Waals surface area contributed by atoms with Crippen LogP contribution in [0.3, 0.4) is 0 Å². The van der Waals surface area contributed by atoms with Crippen LogP contribution in [0.5, 0.6) is 0 Å². The summed E-state index contributed by atoms with van der Waals surface area (Å²) in [5.74, 6) is -0.336. The minimum Gasteiger partial charge on any atom is -0.468 e. The van der Waals surface area contributed by atoms with Crippen molar-refractivity contribution in [2.24, 2.45) is 0 Å². The van der Waals surface area contributed by atoms with E-state index in [1.54, 1.807) is 5.41 Å². The zero-order valence-electron chi connectivity index (χ0n) is 5.37. The zero-order chi connectivity index (χ0) is 7.40. The van der Waals surface area contributed by atoms with Crippen molar-refractivity contribution in [1.82, 2.24) is 0 Å². The molecule has 1 aliphatic heterocycles. The molecule has 1 heterocycles. The van der Waals surface area contributed by atoms with Gasteiger partial charge in [0.05, 0.1) is 6.26 Å². The summed E-state index contributed by atoms with van der Waals surface area (Å²) in [6.45, 7) is 1.35. The molecule has 0 aromatic rings. The molecule has 0 saturated heterocycles. The standard InChI is InChI=1S/C6H6O3S/c1-5(7)9-6-4-8-2-3-10-6/h2-4H,1H3. The first-order valence-electron chi connectivity index (χ1n) is 2.65. The van der Waals surface area contributed by atoms with Gasteiger partial charge in [-0.25, -0.2) is 0 Å². The Bertz CT molecular complexity index is 195. The van der Waals surface area contributed by atoms with E-state index in [0.717, 1.165) is 0 Å². The van der Waals surface area contributed by atoms with Gasteiger partial charge in [-0.2, -0.15) is 0 Å². The molecule has 0 N–H and O–H groups in total. The van der Waals surface area contributed by atoms with Gasteiger partial charge in [0.2, 0.25) is 5.09 Å². The maximum atomic E-state index is 10.4. The summed E-state index contributed by atoms with van der Waals surface area (Å²) >= 11 is 1.30. The number of carbonyl (C=O) groups is 1. The third-order valence-corrected chi connectivity index (χ3v) is 1.39. The monoisotopic (exact) mass is 158 g/mol. The molecule has 3 nitrogen and oxygen atoms in total. The van der Waals surface area contributed by atoms with Gasteiger partial charge < -0.3 is 9.47 Å². The molecular weight excluding hydrogens is 152 g/mol. The molecule has 1 aliphatic rings. The number of esters is 1. The van der Waals surface area contributed by atoms with E-state index in [1.165, 1.54) is 31.2 Å². The van der Waals surface area contributed by atoms with Crippen LogP contribution in [0.25, 0.3) is 0 Å². The van der Waals surface area contributed by atoms with Gasteiger partial charge in [-0.3, -0.25) is 4.79 Å². The van der Waals surface area contributed by atoms with E-state index in [4.69, 9.17) is 9.47 Å². The Kier molecular flexibility index (Phi) is 2.39. The summed E-state index contributed by atoms with van der Waals surface area (Å²) in [4.78, 5) is 10.4. The average molecular weight is 158 g/mol. The second-order valence-corrected chi connectivity index (χ2v) is 2.47. The molecule has 0 spiro atoms. The molecule has 10 heavy (non-hydrogen) atoms. The van der Waals surface area contributed by atoms with Crippen molar-refractivity contribution in [3.05, 3.63) is 23.0 Å². The molecule has 0 bridgehead atoms. The van der Waals surface area contributed by atoms with Crippen LogP contribution in [-0.2, 0) is 14.3 Å². The van der Waals surface area contributed by atoms with Crippen LogP contribution in [-0.4, -0.2) is 5.97 Å². The largest absolute Gasteiger partial charge is 0.468 e. The van der Waals surface area contributed by atoms with Crippen LogP contribution >= 0.6 is 11.8 Å². The van der Waals surface area contributed by atoms with Crippen LogP contribution < -0.4 is 0 Å². The second-order valence-electron chi connectivity index (χ2n) is 1.56. The van der Waals surface area contributed by atoms with E-state index >= 15 is 0 Å². The van der Waals surface area contributed by atoms with Crippen LogP contribution in [0.4, 0.5) is 0 Å². The van der Waals surface area contributed by atoms with Gasteiger partial charge in [0.15, 0.2) is 0 Å². The van der Waals surface area contributed by atoms with Crippen molar-refractivity contribution >= 4 is 17.7 Å². The molecule has 0 fully saturated rings. The van der Waals surface area contributed by atoms with E-state index < -0.39 is 0 Å². The van der Waals surface area contributed by atoms with E-state index in [2.05, 4.69) is 0 Å². The summed E-state index contributed by atoms with van der Waals surface area (Å²) in [5.41, 5.74) is 0. The normalized spacial score (nSPS) is 15.5. The summed E-state index contributed by atoms with van der Waals surface area (Å²) in [6.07, 6.45) is 2.89. The van der Waals surface area contributed by atoms with Gasteiger partial charge in [0.1, 0.15) is 6.26 Å². The molecule has 0 amide bonds. The molecular formula is C6H6O3S. The quantitative estimate of drug-likeness (QED) is 0.543. The lowest BCUT2D eigenvalue weighted by Gasteiger charge is -2.05. The summed E-state index contributed by atoms with van der Waals surface area (Å²) in [5, 5.41) is 2.16. The molecule has 0 radical (unpaired) electrons. The molecule has 1 rings (SSSR count). The average Bonchev–Trinajstić information content (AvgIpc) is 1.88. The molecule has 0 atom stereocenters. The summed E-state index contributed by atoms with van der Waals surface area (Å²) in [7, 11) is 0. The number of ether oxygens (including phenoxy) is 2. The van der Waals surface area contributed by atoms with Crippen LogP contribution in [0.15, 0.2) is 23.0 Å². The van der Waals surface area contributed by atoms with Crippen LogP contribution in [0.1, 0.15) is 6.92 Å². The van der Waals surface area contributed by atoms with Crippen molar-refractivity contribution in [3.8, 4) is 0 Å². The first kappa shape index (κ1) is 7.21. The highest BCUT2D eigenvalue weighted by atomic mass is 32.2. The summed E-state index contributed by atoms with van der Waals surface area (Å²) < 4.78 is 9.44. The van der Waals surface area contributed by atoms with Gasteiger partial charge in [-0.05, 0) is 0 Å². The molecule has 54 valence electrons. The Labute approximate surface area is 62.7 Å². The van der Waals surface area contributed by atoms with E-state index in [9.17, 15) is 4.79 Å². The maximum absolute atomic E-state index is 10.4. The van der Waals surface area contributed by atoms with Gasteiger partial charge >= 0.3 is 5.97 Å². The number of rotatable bonds is 1.